The van der Waals surface area contributed by atoms with Crippen LogP contribution in [-0.4, -0.2) is 25.3 Å². The van der Waals surface area contributed by atoms with E-state index < -0.39 is 0 Å². The molecule has 0 radical (unpaired) electrons. The molecule has 1 N–H and O–H groups in total. The molecule has 1 saturated heterocycles. The van der Waals surface area contributed by atoms with Crippen LogP contribution in [-0.2, 0) is 9.47 Å². The lowest BCUT2D eigenvalue weighted by Gasteiger charge is -2.54. The smallest absolute Gasteiger partial charge is 0.407 e. The lowest BCUT2D eigenvalue weighted by molar-refractivity contribution is -0.170. The molecule has 154 valence electrons. The van der Waals surface area contributed by atoms with Crippen molar-refractivity contribution in [1.29, 1.82) is 0 Å². The summed E-state index contributed by atoms with van der Waals surface area (Å²) in [4.78, 5) is 12.4. The minimum atomic E-state index is -0.281. The van der Waals surface area contributed by atoms with Crippen molar-refractivity contribution in [2.75, 3.05) is 13.2 Å². The lowest BCUT2D eigenvalue weighted by atomic mass is 9.56. The Bertz CT molecular complexity index is 706. The van der Waals surface area contributed by atoms with E-state index in [1.807, 2.05) is 12.1 Å². The van der Waals surface area contributed by atoms with Gasteiger partial charge in [-0.15, -0.1) is 0 Å². The van der Waals surface area contributed by atoms with Crippen molar-refractivity contribution in [3.05, 3.63) is 35.8 Å². The number of fused-ring (bicyclic) bond motifs is 2. The molecule has 0 aromatic carbocycles. The highest BCUT2D eigenvalue weighted by Gasteiger charge is 2.55. The monoisotopic (exact) mass is 387 g/mol. The SMILES string of the molecule is CC1=CC(C)[C@@]2(COC(=O)NC3CCCCC3)COC(c3ccco3)C1[C@@H]2C. The summed E-state index contributed by atoms with van der Waals surface area (Å²) in [7, 11) is 0. The molecular formula is C23H33NO4. The Hall–Kier alpha value is -1.75. The second-order valence-corrected chi connectivity index (χ2v) is 9.05. The number of hydrogen-bond donors (Lipinski definition) is 1. The van der Waals surface area contributed by atoms with Crippen molar-refractivity contribution in [2.45, 2.75) is 65.0 Å². The summed E-state index contributed by atoms with van der Waals surface area (Å²) >= 11 is 0. The van der Waals surface area contributed by atoms with Gasteiger partial charge < -0.3 is 19.2 Å². The molecule has 1 aromatic rings. The van der Waals surface area contributed by atoms with Gasteiger partial charge in [0.05, 0.1) is 12.9 Å². The number of furan rings is 1. The van der Waals surface area contributed by atoms with Crippen LogP contribution >= 0.6 is 0 Å². The number of hydrogen-bond acceptors (Lipinski definition) is 4. The van der Waals surface area contributed by atoms with Crippen LogP contribution in [0.2, 0.25) is 0 Å². The Morgan fingerprint density at radius 2 is 2.07 bits per heavy atom. The fraction of sp³-hybridized carbons (Fsp3) is 0.696. The molecule has 4 rings (SSSR count). The molecular weight excluding hydrogens is 354 g/mol. The van der Waals surface area contributed by atoms with Gasteiger partial charge in [0.1, 0.15) is 18.5 Å². The van der Waals surface area contributed by atoms with Crippen LogP contribution in [0.5, 0.6) is 0 Å². The van der Waals surface area contributed by atoms with Gasteiger partial charge in [0.2, 0.25) is 0 Å². The molecule has 28 heavy (non-hydrogen) atoms. The molecule has 1 aromatic heterocycles. The van der Waals surface area contributed by atoms with Crippen LogP contribution in [0.15, 0.2) is 34.5 Å². The molecule has 2 fully saturated rings. The zero-order chi connectivity index (χ0) is 19.7. The van der Waals surface area contributed by atoms with E-state index in [0.717, 1.165) is 18.6 Å². The lowest BCUT2D eigenvalue weighted by Crippen LogP contribution is -2.55. The minimum Gasteiger partial charge on any atom is -0.467 e. The summed E-state index contributed by atoms with van der Waals surface area (Å²) in [6, 6.07) is 4.17. The van der Waals surface area contributed by atoms with Crippen molar-refractivity contribution < 1.29 is 18.7 Å². The normalized spacial score (nSPS) is 35.9. The van der Waals surface area contributed by atoms with Crippen LogP contribution < -0.4 is 5.32 Å². The largest absolute Gasteiger partial charge is 0.467 e. The van der Waals surface area contributed by atoms with Crippen LogP contribution in [0.25, 0.3) is 0 Å². The van der Waals surface area contributed by atoms with Gasteiger partial charge in [-0.25, -0.2) is 4.79 Å². The second-order valence-electron chi connectivity index (χ2n) is 9.05. The third-order valence-corrected chi connectivity index (χ3v) is 7.47. The number of carbonyl (C=O) groups is 1. The summed E-state index contributed by atoms with van der Waals surface area (Å²) in [6.45, 7) is 7.63. The maximum Gasteiger partial charge on any atom is 0.407 e. The minimum absolute atomic E-state index is 0.0714. The Kier molecular flexibility index (Phi) is 5.55. The first-order valence-corrected chi connectivity index (χ1v) is 10.8. The van der Waals surface area contributed by atoms with Crippen LogP contribution in [0, 0.1) is 23.2 Å². The maximum atomic E-state index is 12.4. The fourth-order valence-electron chi connectivity index (χ4n) is 5.62. The number of alkyl carbamates (subject to hydrolysis) is 1. The van der Waals surface area contributed by atoms with Gasteiger partial charge in [-0.1, -0.05) is 44.8 Å². The van der Waals surface area contributed by atoms with E-state index in [-0.39, 0.29) is 29.6 Å². The molecule has 1 aliphatic heterocycles. The Labute approximate surface area is 167 Å². The Morgan fingerprint density at radius 3 is 2.79 bits per heavy atom. The quantitative estimate of drug-likeness (QED) is 0.717. The number of amides is 1. The predicted molar refractivity (Wildman–Crippen MR) is 107 cm³/mol. The highest BCUT2D eigenvalue weighted by molar-refractivity contribution is 5.67. The first-order valence-electron chi connectivity index (χ1n) is 10.8. The predicted octanol–water partition coefficient (Wildman–Crippen LogP) is 5.24. The molecule has 2 aliphatic carbocycles. The third kappa shape index (κ3) is 3.49. The average molecular weight is 388 g/mol. The van der Waals surface area contributed by atoms with Gasteiger partial charge in [0, 0.05) is 17.4 Å². The fourth-order valence-corrected chi connectivity index (χ4v) is 5.62. The molecule has 5 heteroatoms. The van der Waals surface area contributed by atoms with Crippen molar-refractivity contribution in [3.8, 4) is 0 Å². The van der Waals surface area contributed by atoms with Gasteiger partial charge in [-0.05, 0) is 43.7 Å². The number of allylic oxidation sites excluding steroid dienone is 1. The second kappa shape index (κ2) is 7.94. The maximum absolute atomic E-state index is 12.4. The average Bonchev–Trinajstić information content (AvgIpc) is 3.21. The number of carbonyl (C=O) groups excluding carboxylic acids is 1. The number of rotatable bonds is 4. The Balaban J connectivity index is 1.46. The molecule has 2 heterocycles. The van der Waals surface area contributed by atoms with E-state index in [2.05, 4.69) is 32.2 Å². The van der Waals surface area contributed by atoms with Crippen molar-refractivity contribution >= 4 is 6.09 Å². The van der Waals surface area contributed by atoms with Gasteiger partial charge in [-0.3, -0.25) is 0 Å². The topological polar surface area (TPSA) is 60.7 Å². The molecule has 5 nitrogen and oxygen atoms in total. The molecule has 3 unspecified atom stereocenters. The van der Waals surface area contributed by atoms with Gasteiger partial charge in [0.25, 0.3) is 0 Å². The third-order valence-electron chi connectivity index (χ3n) is 7.47. The Morgan fingerprint density at radius 1 is 1.29 bits per heavy atom. The van der Waals surface area contributed by atoms with E-state index in [1.165, 1.54) is 24.8 Å². The highest BCUT2D eigenvalue weighted by Crippen LogP contribution is 2.56. The van der Waals surface area contributed by atoms with Gasteiger partial charge >= 0.3 is 6.09 Å². The number of nitrogens with one attached hydrogen (secondary N) is 1. The zero-order valence-electron chi connectivity index (χ0n) is 17.3. The van der Waals surface area contributed by atoms with Crippen LogP contribution in [0.4, 0.5) is 4.79 Å². The first kappa shape index (κ1) is 19.6. The van der Waals surface area contributed by atoms with Crippen LogP contribution in [0.1, 0.15) is 64.7 Å². The molecule has 5 atom stereocenters. The zero-order valence-corrected chi connectivity index (χ0v) is 17.3. The first-order chi connectivity index (χ1) is 13.5. The van der Waals surface area contributed by atoms with Crippen molar-refractivity contribution in [3.63, 3.8) is 0 Å². The van der Waals surface area contributed by atoms with E-state index in [0.29, 0.717) is 25.0 Å². The summed E-state index contributed by atoms with van der Waals surface area (Å²) in [5.41, 5.74) is 1.14. The van der Waals surface area contributed by atoms with E-state index in [4.69, 9.17) is 13.9 Å². The van der Waals surface area contributed by atoms with E-state index >= 15 is 0 Å². The summed E-state index contributed by atoms with van der Waals surface area (Å²) in [5.74, 6) is 1.74. The van der Waals surface area contributed by atoms with Gasteiger partial charge in [0.15, 0.2) is 0 Å². The number of ether oxygens (including phenoxy) is 2. The van der Waals surface area contributed by atoms with Gasteiger partial charge in [-0.2, -0.15) is 0 Å². The standard InChI is InChI=1S/C23H33NO4/c1-15-12-16(2)23(14-28-22(25)24-18-8-5-4-6-9-18)13-27-21(20(15)17(23)3)19-10-7-11-26-19/h7,10-12,16-18,20-21H,4-6,8-9,13-14H2,1-3H3,(H,24,25)/t16?,17-,20?,21?,23-/m0/s1. The van der Waals surface area contributed by atoms with E-state index in [9.17, 15) is 4.79 Å². The summed E-state index contributed by atoms with van der Waals surface area (Å²) < 4.78 is 17.8. The van der Waals surface area contributed by atoms with Crippen molar-refractivity contribution in [1.82, 2.24) is 5.32 Å². The van der Waals surface area contributed by atoms with Crippen molar-refractivity contribution in [2.24, 2.45) is 23.2 Å². The van der Waals surface area contributed by atoms with Crippen LogP contribution in [0.3, 0.4) is 0 Å². The molecule has 1 amide bonds. The summed E-state index contributed by atoms with van der Waals surface area (Å²) in [6.07, 6.45) is 9.46. The molecule has 2 bridgehead atoms. The summed E-state index contributed by atoms with van der Waals surface area (Å²) in [5, 5.41) is 3.07. The highest BCUT2D eigenvalue weighted by atomic mass is 16.6. The van der Waals surface area contributed by atoms with E-state index in [1.54, 1.807) is 6.26 Å². The molecule has 3 aliphatic rings. The molecule has 0 spiro atoms. The molecule has 1 saturated carbocycles.